The Balaban J connectivity index is 2.11. The number of aromatic nitrogens is 2. The van der Waals surface area contributed by atoms with Gasteiger partial charge < -0.3 is 0 Å². The number of allylic oxidation sites excluding steroid dienone is 2. The van der Waals surface area contributed by atoms with Gasteiger partial charge >= 0.3 is 0 Å². The highest BCUT2D eigenvalue weighted by Crippen LogP contribution is 2.52. The molecule has 4 heteroatoms. The van der Waals surface area contributed by atoms with Crippen molar-refractivity contribution in [3.05, 3.63) is 70.8 Å². The number of ketones is 1. The van der Waals surface area contributed by atoms with Gasteiger partial charge in [-0.25, -0.2) is 9.97 Å². The largest absolute Gasteiger partial charge is 0.293 e. The summed E-state index contributed by atoms with van der Waals surface area (Å²) in [5.74, 6) is 0.559. The van der Waals surface area contributed by atoms with Crippen LogP contribution in [-0.2, 0) is 16.6 Å². The zero-order valence-corrected chi connectivity index (χ0v) is 14.4. The fourth-order valence-corrected chi connectivity index (χ4v) is 4.53. The Bertz CT molecular complexity index is 926. The lowest BCUT2D eigenvalue weighted by Gasteiger charge is -2.47. The van der Waals surface area contributed by atoms with E-state index in [1.54, 1.807) is 0 Å². The first-order valence-corrected chi connectivity index (χ1v) is 8.63. The average molecular weight is 329 g/mol. The van der Waals surface area contributed by atoms with E-state index in [2.05, 4.69) is 23.2 Å². The number of carbonyl (C=O) groups is 1. The maximum Gasteiger partial charge on any atom is 0.176 e. The number of benzene rings is 1. The molecule has 0 aliphatic heterocycles. The lowest BCUT2D eigenvalue weighted by atomic mass is 9.54. The van der Waals surface area contributed by atoms with Gasteiger partial charge in [-0.3, -0.25) is 4.79 Å². The van der Waals surface area contributed by atoms with Crippen molar-refractivity contribution in [1.29, 1.82) is 5.26 Å². The number of fused-ring (bicyclic) bond motifs is 3. The van der Waals surface area contributed by atoms with Crippen LogP contribution < -0.4 is 0 Å². The summed E-state index contributed by atoms with van der Waals surface area (Å²) in [5, 5.41) is 9.56. The fraction of sp³-hybridized carbons (Fsp3) is 0.333. The van der Waals surface area contributed by atoms with Crippen LogP contribution >= 0.6 is 0 Å². The number of aryl methyl sites for hydroxylation is 2. The normalized spacial score (nSPS) is 27.7. The molecule has 0 fully saturated rings. The summed E-state index contributed by atoms with van der Waals surface area (Å²) in [4.78, 5) is 21.8. The van der Waals surface area contributed by atoms with Crippen LogP contribution in [-0.4, -0.2) is 15.8 Å². The molecule has 25 heavy (non-hydrogen) atoms. The van der Waals surface area contributed by atoms with Crippen molar-refractivity contribution >= 4 is 5.78 Å². The van der Waals surface area contributed by atoms with Crippen molar-refractivity contribution in [3.63, 3.8) is 0 Å². The van der Waals surface area contributed by atoms with Gasteiger partial charge in [0, 0.05) is 12.1 Å². The molecule has 0 radical (unpaired) electrons. The van der Waals surface area contributed by atoms with Crippen molar-refractivity contribution < 1.29 is 4.79 Å². The van der Waals surface area contributed by atoms with Gasteiger partial charge in [-0.1, -0.05) is 37.3 Å². The number of hydrogen-bond donors (Lipinski definition) is 0. The van der Waals surface area contributed by atoms with E-state index in [0.717, 1.165) is 29.7 Å². The molecule has 1 aromatic heterocycles. The van der Waals surface area contributed by atoms with Crippen LogP contribution in [0, 0.1) is 30.1 Å². The third-order valence-electron chi connectivity index (χ3n) is 5.71. The highest BCUT2D eigenvalue weighted by atomic mass is 16.1. The molecule has 1 aromatic carbocycles. The fourth-order valence-electron chi connectivity index (χ4n) is 4.53. The number of carbonyl (C=O) groups excluding carboxylic acids is 1. The van der Waals surface area contributed by atoms with E-state index in [1.807, 2.05) is 44.3 Å². The first-order chi connectivity index (χ1) is 12.1. The summed E-state index contributed by atoms with van der Waals surface area (Å²) in [5.41, 5.74) is 2.86. The lowest BCUT2D eigenvalue weighted by molar-refractivity contribution is -0.121. The average Bonchev–Trinajstić information content (AvgIpc) is 2.65. The summed E-state index contributed by atoms with van der Waals surface area (Å²) in [7, 11) is 0. The van der Waals surface area contributed by atoms with Crippen molar-refractivity contribution in [1.82, 2.24) is 9.97 Å². The van der Waals surface area contributed by atoms with E-state index in [4.69, 9.17) is 4.98 Å². The minimum Gasteiger partial charge on any atom is -0.293 e. The molecule has 0 N–H and O–H groups in total. The molecular weight excluding hydrogens is 310 g/mol. The van der Waals surface area contributed by atoms with Gasteiger partial charge in [-0.2, -0.15) is 5.26 Å². The Labute approximate surface area is 147 Å². The molecule has 4 nitrogen and oxygen atoms in total. The van der Waals surface area contributed by atoms with Gasteiger partial charge in [0.05, 0.1) is 16.7 Å². The Kier molecular flexibility index (Phi) is 3.54. The van der Waals surface area contributed by atoms with E-state index in [1.165, 1.54) is 0 Å². The van der Waals surface area contributed by atoms with E-state index in [-0.39, 0.29) is 23.2 Å². The van der Waals surface area contributed by atoms with Crippen LogP contribution in [0.15, 0.2) is 48.2 Å². The zero-order chi connectivity index (χ0) is 17.6. The van der Waals surface area contributed by atoms with Gasteiger partial charge in [0.25, 0.3) is 0 Å². The van der Waals surface area contributed by atoms with Crippen LogP contribution in [0.5, 0.6) is 0 Å². The first-order valence-electron chi connectivity index (χ1n) is 8.63. The van der Waals surface area contributed by atoms with Crippen molar-refractivity contribution in [2.75, 3.05) is 0 Å². The van der Waals surface area contributed by atoms with Gasteiger partial charge in [0.2, 0.25) is 0 Å². The highest BCUT2D eigenvalue weighted by molar-refractivity contribution is 6.02. The maximum atomic E-state index is 12.6. The van der Waals surface area contributed by atoms with Gasteiger partial charge in [-0.05, 0) is 42.9 Å². The molecule has 2 aliphatic carbocycles. The number of nitriles is 1. The third-order valence-corrected chi connectivity index (χ3v) is 5.71. The summed E-state index contributed by atoms with van der Waals surface area (Å²) in [6, 6.07) is 12.3. The van der Waals surface area contributed by atoms with E-state index in [0.29, 0.717) is 5.82 Å². The van der Waals surface area contributed by atoms with Crippen LogP contribution in [0.4, 0.5) is 0 Å². The van der Waals surface area contributed by atoms with E-state index >= 15 is 0 Å². The molecule has 0 saturated carbocycles. The molecular formula is C21H19N3O. The predicted octanol–water partition coefficient (Wildman–Crippen LogP) is 3.30. The molecule has 0 bridgehead atoms. The predicted molar refractivity (Wildman–Crippen MR) is 93.7 cm³/mol. The molecule has 2 aromatic rings. The van der Waals surface area contributed by atoms with Gasteiger partial charge in [0.1, 0.15) is 11.9 Å². The molecule has 2 aliphatic rings. The standard InChI is InChI=1S/C21H19N3O/c1-13-18-9-8-15-12-23-14(2)24-20(15)21(18,10-16(11-22)19(13)25)17-6-4-3-5-7-17/h3-7,10,12-13,18H,8-9H2,1-2H3/t13-,18-,21+/m0/s1. The third kappa shape index (κ3) is 2.16. The molecule has 0 amide bonds. The smallest absolute Gasteiger partial charge is 0.176 e. The van der Waals surface area contributed by atoms with Crippen LogP contribution in [0.25, 0.3) is 0 Å². The Hall–Kier alpha value is -2.80. The van der Waals surface area contributed by atoms with Crippen LogP contribution in [0.1, 0.15) is 36.0 Å². The van der Waals surface area contributed by atoms with Crippen molar-refractivity contribution in [2.45, 2.75) is 32.1 Å². The summed E-state index contributed by atoms with van der Waals surface area (Å²) in [6.45, 7) is 3.84. The zero-order valence-electron chi connectivity index (χ0n) is 14.4. The maximum absolute atomic E-state index is 12.6. The molecule has 0 spiro atoms. The SMILES string of the molecule is Cc1ncc2c(n1)[C@@]1(c3ccccc3)C=C(C#N)C(=O)[C@@H](C)[C@@H]1CC2. The quantitative estimate of drug-likeness (QED) is 0.805. The van der Waals surface area contributed by atoms with Crippen LogP contribution in [0.3, 0.4) is 0 Å². The van der Waals surface area contributed by atoms with Gasteiger partial charge in [0.15, 0.2) is 5.78 Å². The summed E-state index contributed by atoms with van der Waals surface area (Å²) >= 11 is 0. The number of Topliss-reactive ketones (excluding diaryl/α,β-unsaturated/α-hetero) is 1. The Morgan fingerprint density at radius 1 is 1.28 bits per heavy atom. The molecule has 1 heterocycles. The number of rotatable bonds is 1. The molecule has 124 valence electrons. The summed E-state index contributed by atoms with van der Waals surface area (Å²) in [6.07, 6.45) is 5.53. The van der Waals surface area contributed by atoms with Crippen LogP contribution in [0.2, 0.25) is 0 Å². The Morgan fingerprint density at radius 3 is 2.76 bits per heavy atom. The minimum atomic E-state index is -0.541. The lowest BCUT2D eigenvalue weighted by Crippen LogP contribution is -2.48. The second kappa shape index (κ2) is 5.63. The molecule has 0 unspecified atom stereocenters. The monoisotopic (exact) mass is 329 g/mol. The molecule has 4 rings (SSSR count). The van der Waals surface area contributed by atoms with Crippen molar-refractivity contribution in [2.24, 2.45) is 11.8 Å². The summed E-state index contributed by atoms with van der Waals surface area (Å²) < 4.78 is 0. The number of nitrogens with zero attached hydrogens (tertiary/aromatic N) is 3. The van der Waals surface area contributed by atoms with E-state index in [9.17, 15) is 10.1 Å². The minimum absolute atomic E-state index is 0.0479. The first kappa shape index (κ1) is 15.7. The second-order valence-electron chi connectivity index (χ2n) is 6.99. The molecule has 3 atom stereocenters. The number of hydrogen-bond acceptors (Lipinski definition) is 4. The topological polar surface area (TPSA) is 66.6 Å². The highest BCUT2D eigenvalue weighted by Gasteiger charge is 2.52. The van der Waals surface area contributed by atoms with E-state index < -0.39 is 5.41 Å². The second-order valence-corrected chi connectivity index (χ2v) is 6.99. The van der Waals surface area contributed by atoms with Crippen molar-refractivity contribution in [3.8, 4) is 6.07 Å². The molecule has 0 saturated heterocycles. The Morgan fingerprint density at radius 2 is 2.04 bits per heavy atom. The van der Waals surface area contributed by atoms with Gasteiger partial charge in [-0.15, -0.1) is 0 Å².